The summed E-state index contributed by atoms with van der Waals surface area (Å²) in [5.41, 5.74) is 2.61. The molecule has 0 aromatic carbocycles. The van der Waals surface area contributed by atoms with E-state index in [1.165, 1.54) is 0 Å². The Labute approximate surface area is 102 Å². The zero-order valence-electron chi connectivity index (χ0n) is 11.8. The Morgan fingerprint density at radius 3 is 1.75 bits per heavy atom. The van der Waals surface area contributed by atoms with E-state index >= 15 is 0 Å². The van der Waals surface area contributed by atoms with Crippen molar-refractivity contribution in [3.63, 3.8) is 0 Å². The summed E-state index contributed by atoms with van der Waals surface area (Å²) in [6, 6.07) is 0. The SMILES string of the molecule is C=C/C(=C/C(=C)C)C(=C)N=CC.CC.CC. The van der Waals surface area contributed by atoms with Crippen LogP contribution >= 0.6 is 0 Å². The van der Waals surface area contributed by atoms with Crippen molar-refractivity contribution in [1.29, 1.82) is 0 Å². The molecule has 0 rings (SSSR count). The van der Waals surface area contributed by atoms with Gasteiger partial charge in [-0.25, -0.2) is 0 Å². The van der Waals surface area contributed by atoms with Crippen LogP contribution in [-0.2, 0) is 0 Å². The molecule has 0 heterocycles. The number of hydrogen-bond acceptors (Lipinski definition) is 1. The van der Waals surface area contributed by atoms with Crippen LogP contribution in [0.15, 0.2) is 53.7 Å². The Balaban J connectivity index is -0.000000376. The maximum Gasteiger partial charge on any atom is 0.0626 e. The van der Waals surface area contributed by atoms with Crippen molar-refractivity contribution in [2.75, 3.05) is 0 Å². The fourth-order valence-electron chi connectivity index (χ4n) is 0.756. The van der Waals surface area contributed by atoms with Gasteiger partial charge in [0.15, 0.2) is 0 Å². The number of aliphatic imine (C=N–C) groups is 1. The molecule has 1 heteroatoms. The third-order valence-corrected chi connectivity index (χ3v) is 1.24. The number of hydrogen-bond donors (Lipinski definition) is 0. The number of allylic oxidation sites excluding steroid dienone is 3. The smallest absolute Gasteiger partial charge is 0.0626 e. The molecule has 0 fully saturated rings. The first kappa shape index (κ1) is 20.1. The molecule has 0 aliphatic rings. The van der Waals surface area contributed by atoms with E-state index < -0.39 is 0 Å². The minimum atomic E-state index is 0.718. The van der Waals surface area contributed by atoms with E-state index in [0.717, 1.165) is 16.8 Å². The van der Waals surface area contributed by atoms with Crippen molar-refractivity contribution in [2.24, 2.45) is 4.99 Å². The topological polar surface area (TPSA) is 12.4 Å². The van der Waals surface area contributed by atoms with Crippen molar-refractivity contribution >= 4 is 6.21 Å². The van der Waals surface area contributed by atoms with Gasteiger partial charge in [-0.1, -0.05) is 65.2 Å². The van der Waals surface area contributed by atoms with Crippen LogP contribution in [0.5, 0.6) is 0 Å². The van der Waals surface area contributed by atoms with Gasteiger partial charge in [0, 0.05) is 6.21 Å². The molecule has 0 aromatic rings. The molecule has 0 saturated heterocycles. The fourth-order valence-corrected chi connectivity index (χ4v) is 0.756. The van der Waals surface area contributed by atoms with E-state index in [2.05, 4.69) is 24.7 Å². The molecule has 0 aromatic heterocycles. The standard InChI is InChI=1S/C11H15N.2C2H6/c1-6-11(8-9(3)4)10(5)12-7-2;2*1-2/h6-8H,1,3,5H2,2,4H3;2*1-2H3/b11-8-,12-7?;;. The van der Waals surface area contributed by atoms with Crippen molar-refractivity contribution in [3.8, 4) is 0 Å². The molecule has 16 heavy (non-hydrogen) atoms. The average Bonchev–Trinajstić information content (AvgIpc) is 2.31. The van der Waals surface area contributed by atoms with E-state index in [1.54, 1.807) is 12.3 Å². The van der Waals surface area contributed by atoms with Gasteiger partial charge in [-0.2, -0.15) is 0 Å². The molecule has 0 unspecified atom stereocenters. The number of nitrogens with zero attached hydrogens (tertiary/aromatic N) is 1. The molecule has 0 bridgehead atoms. The first-order valence-electron chi connectivity index (χ1n) is 5.79. The van der Waals surface area contributed by atoms with E-state index in [-0.39, 0.29) is 0 Å². The molecule has 1 nitrogen and oxygen atoms in total. The Hall–Kier alpha value is -1.37. The molecule has 92 valence electrons. The lowest BCUT2D eigenvalue weighted by atomic mass is 10.1. The molecule has 0 spiro atoms. The minimum Gasteiger partial charge on any atom is -0.262 e. The van der Waals surface area contributed by atoms with Gasteiger partial charge in [-0.05, 0) is 19.4 Å². The lowest BCUT2D eigenvalue weighted by Crippen LogP contribution is -1.81. The third-order valence-electron chi connectivity index (χ3n) is 1.24. The highest BCUT2D eigenvalue weighted by atomic mass is 14.7. The lowest BCUT2D eigenvalue weighted by Gasteiger charge is -1.99. The van der Waals surface area contributed by atoms with E-state index in [9.17, 15) is 0 Å². The van der Waals surface area contributed by atoms with Gasteiger partial charge in [-0.15, -0.1) is 0 Å². The highest BCUT2D eigenvalue weighted by Crippen LogP contribution is 2.11. The van der Waals surface area contributed by atoms with Gasteiger partial charge in [-0.3, -0.25) is 4.99 Å². The Bertz CT molecular complexity index is 255. The van der Waals surface area contributed by atoms with E-state index in [4.69, 9.17) is 0 Å². The van der Waals surface area contributed by atoms with Gasteiger partial charge >= 0.3 is 0 Å². The maximum atomic E-state index is 4.05. The maximum absolute atomic E-state index is 4.05. The highest BCUT2D eigenvalue weighted by Gasteiger charge is 1.94. The first-order chi connectivity index (χ1) is 7.61. The zero-order valence-corrected chi connectivity index (χ0v) is 11.8. The largest absolute Gasteiger partial charge is 0.262 e. The van der Waals surface area contributed by atoms with Gasteiger partial charge < -0.3 is 0 Å². The summed E-state index contributed by atoms with van der Waals surface area (Å²) in [7, 11) is 0. The van der Waals surface area contributed by atoms with Gasteiger partial charge in [0.1, 0.15) is 0 Å². The quantitative estimate of drug-likeness (QED) is 0.449. The average molecular weight is 221 g/mol. The molecule has 0 saturated carbocycles. The molecule has 0 radical (unpaired) electrons. The summed E-state index contributed by atoms with van der Waals surface area (Å²) >= 11 is 0. The Kier molecular flexibility index (Phi) is 20.2. The summed E-state index contributed by atoms with van der Waals surface area (Å²) in [5, 5.41) is 0. The van der Waals surface area contributed by atoms with Crippen LogP contribution in [0.4, 0.5) is 0 Å². The van der Waals surface area contributed by atoms with Crippen molar-refractivity contribution < 1.29 is 0 Å². The van der Waals surface area contributed by atoms with Crippen LogP contribution in [0.25, 0.3) is 0 Å². The highest BCUT2D eigenvalue weighted by molar-refractivity contribution is 5.58. The second-order valence-corrected chi connectivity index (χ2v) is 2.48. The molecule has 0 atom stereocenters. The lowest BCUT2D eigenvalue weighted by molar-refractivity contribution is 1.35. The summed E-state index contributed by atoms with van der Waals surface area (Å²) in [5.74, 6) is 0. The van der Waals surface area contributed by atoms with Crippen LogP contribution in [0.3, 0.4) is 0 Å². The van der Waals surface area contributed by atoms with Crippen LogP contribution in [0.2, 0.25) is 0 Å². The van der Waals surface area contributed by atoms with Crippen molar-refractivity contribution in [2.45, 2.75) is 41.5 Å². The van der Waals surface area contributed by atoms with E-state index in [1.807, 2.05) is 47.6 Å². The Morgan fingerprint density at radius 1 is 1.06 bits per heavy atom. The van der Waals surface area contributed by atoms with Gasteiger partial charge in [0.2, 0.25) is 0 Å². The van der Waals surface area contributed by atoms with Crippen LogP contribution in [0, 0.1) is 0 Å². The molecule has 0 N–H and O–H groups in total. The minimum absolute atomic E-state index is 0.718. The number of rotatable bonds is 4. The molecular weight excluding hydrogens is 194 g/mol. The van der Waals surface area contributed by atoms with Gasteiger partial charge in [0.25, 0.3) is 0 Å². The summed E-state index contributed by atoms with van der Waals surface area (Å²) < 4.78 is 0. The van der Waals surface area contributed by atoms with Crippen LogP contribution < -0.4 is 0 Å². The zero-order chi connectivity index (χ0) is 13.6. The molecule has 0 aliphatic heterocycles. The second kappa shape index (κ2) is 16.1. The van der Waals surface area contributed by atoms with E-state index in [0.29, 0.717) is 0 Å². The molecule has 0 aliphatic carbocycles. The predicted octanol–water partition coefficient (Wildman–Crippen LogP) is 5.33. The van der Waals surface area contributed by atoms with Crippen LogP contribution in [-0.4, -0.2) is 6.21 Å². The van der Waals surface area contributed by atoms with Gasteiger partial charge in [0.05, 0.1) is 5.70 Å². The van der Waals surface area contributed by atoms with Crippen LogP contribution in [0.1, 0.15) is 41.5 Å². The van der Waals surface area contributed by atoms with Crippen molar-refractivity contribution in [1.82, 2.24) is 0 Å². The summed E-state index contributed by atoms with van der Waals surface area (Å²) in [4.78, 5) is 4.05. The first-order valence-corrected chi connectivity index (χ1v) is 5.79. The Morgan fingerprint density at radius 2 is 1.50 bits per heavy atom. The monoisotopic (exact) mass is 221 g/mol. The summed E-state index contributed by atoms with van der Waals surface area (Å²) in [6.45, 7) is 23.0. The summed E-state index contributed by atoms with van der Waals surface area (Å²) in [6.07, 6.45) is 5.34. The predicted molar refractivity (Wildman–Crippen MR) is 79.1 cm³/mol. The van der Waals surface area contributed by atoms with Crippen molar-refractivity contribution in [3.05, 3.63) is 48.7 Å². The molecule has 0 amide bonds. The second-order valence-electron chi connectivity index (χ2n) is 2.48. The normalized spacial score (nSPS) is 9.50. The fraction of sp³-hybridized carbons (Fsp3) is 0.400. The third kappa shape index (κ3) is 12.6. The molecular formula is C15H27N.